The quantitative estimate of drug-likeness (QED) is 0.731. The summed E-state index contributed by atoms with van der Waals surface area (Å²) in [5.41, 5.74) is 1.38. The van der Waals surface area contributed by atoms with Gasteiger partial charge in [0.25, 0.3) is 0 Å². The van der Waals surface area contributed by atoms with Gasteiger partial charge < -0.3 is 5.32 Å². The Bertz CT molecular complexity index is 1090. The highest BCUT2D eigenvalue weighted by Gasteiger charge is 2.35. The molecule has 1 atom stereocenters. The largest absolute Gasteiger partial charge is 0.416 e. The summed E-state index contributed by atoms with van der Waals surface area (Å²) in [6.45, 7) is 0.190. The predicted octanol–water partition coefficient (Wildman–Crippen LogP) is 4.30. The average molecular weight is 467 g/mol. The van der Waals surface area contributed by atoms with Gasteiger partial charge in [-0.3, -0.25) is 4.79 Å². The molecule has 2 aliphatic rings. The second kappa shape index (κ2) is 8.86. The van der Waals surface area contributed by atoms with Gasteiger partial charge in [0.2, 0.25) is 15.9 Å². The van der Waals surface area contributed by atoms with E-state index in [4.69, 9.17) is 0 Å². The first-order chi connectivity index (χ1) is 15.2. The molecule has 1 heterocycles. The van der Waals surface area contributed by atoms with Crippen molar-refractivity contribution in [3.63, 3.8) is 0 Å². The molecule has 1 aliphatic heterocycles. The fourth-order valence-electron chi connectivity index (χ4n) is 4.53. The van der Waals surface area contributed by atoms with Crippen LogP contribution in [0.2, 0.25) is 0 Å². The molecule has 1 N–H and O–H groups in total. The highest BCUT2D eigenvalue weighted by atomic mass is 32.2. The summed E-state index contributed by atoms with van der Waals surface area (Å²) in [5, 5.41) is 3.12. The van der Waals surface area contributed by atoms with E-state index in [-0.39, 0.29) is 35.9 Å². The summed E-state index contributed by atoms with van der Waals surface area (Å²) in [6, 6.07) is 11.8. The van der Waals surface area contributed by atoms with Crippen LogP contribution in [0.4, 0.5) is 13.2 Å². The van der Waals surface area contributed by atoms with Crippen LogP contribution in [0.3, 0.4) is 0 Å². The number of sulfonamides is 1. The lowest BCUT2D eigenvalue weighted by atomic mass is 9.87. The Morgan fingerprint density at radius 2 is 1.72 bits per heavy atom. The van der Waals surface area contributed by atoms with Crippen LogP contribution < -0.4 is 5.32 Å². The zero-order valence-electron chi connectivity index (χ0n) is 17.4. The third-order valence-electron chi connectivity index (χ3n) is 6.31. The van der Waals surface area contributed by atoms with Crippen LogP contribution in [-0.4, -0.2) is 31.7 Å². The molecule has 0 aromatic heterocycles. The molecule has 0 radical (unpaired) electrons. The number of fused-ring (bicyclic) bond motifs is 1. The van der Waals surface area contributed by atoms with Crippen molar-refractivity contribution >= 4 is 15.9 Å². The predicted molar refractivity (Wildman–Crippen MR) is 113 cm³/mol. The van der Waals surface area contributed by atoms with Crippen LogP contribution in [0.15, 0.2) is 53.4 Å². The van der Waals surface area contributed by atoms with E-state index < -0.39 is 21.8 Å². The lowest BCUT2D eigenvalue weighted by Gasteiger charge is -2.32. The number of aryl methyl sites for hydroxylation is 1. The monoisotopic (exact) mass is 466 g/mol. The Kier molecular flexibility index (Phi) is 6.31. The number of carbonyl (C=O) groups excluding carboxylic acids is 1. The topological polar surface area (TPSA) is 66.5 Å². The molecular weight excluding hydrogens is 441 g/mol. The zero-order chi connectivity index (χ0) is 22.9. The summed E-state index contributed by atoms with van der Waals surface area (Å²) in [6.07, 6.45) is -1.10. The number of piperidine rings is 1. The van der Waals surface area contributed by atoms with Crippen molar-refractivity contribution in [3.8, 4) is 0 Å². The minimum Gasteiger partial charge on any atom is -0.349 e. The molecule has 1 saturated heterocycles. The Morgan fingerprint density at radius 3 is 2.44 bits per heavy atom. The van der Waals surface area contributed by atoms with Crippen LogP contribution in [0, 0.1) is 5.92 Å². The molecule has 32 heavy (non-hydrogen) atoms. The molecule has 2 aromatic rings. The number of hydrogen-bond acceptors (Lipinski definition) is 3. The Hall–Kier alpha value is -2.39. The van der Waals surface area contributed by atoms with E-state index in [1.165, 1.54) is 15.9 Å². The Morgan fingerprint density at radius 1 is 1.00 bits per heavy atom. The number of carbonyl (C=O) groups is 1. The van der Waals surface area contributed by atoms with E-state index >= 15 is 0 Å². The average Bonchev–Trinajstić information content (AvgIpc) is 2.79. The fourth-order valence-corrected chi connectivity index (χ4v) is 6.05. The summed E-state index contributed by atoms with van der Waals surface area (Å²) < 4.78 is 65.8. The maximum Gasteiger partial charge on any atom is 0.416 e. The standard InChI is InChI=1S/C23H25F3N2O3S/c24-23(25,26)18-7-4-8-19(15-18)32(30,31)28-13-11-17(12-14-28)22(29)27-21-10-3-6-16-5-1-2-9-20(16)21/h1-2,4-5,7-9,15,17,21H,3,6,10-14H2,(H,27,29)/t21-/m0/s1. The van der Waals surface area contributed by atoms with Gasteiger partial charge in [-0.15, -0.1) is 0 Å². The van der Waals surface area contributed by atoms with E-state index in [1.807, 2.05) is 18.2 Å². The highest BCUT2D eigenvalue weighted by molar-refractivity contribution is 7.89. The zero-order valence-corrected chi connectivity index (χ0v) is 18.3. The molecule has 9 heteroatoms. The van der Waals surface area contributed by atoms with Crippen LogP contribution in [0.5, 0.6) is 0 Å². The SMILES string of the molecule is O=C(N[C@H]1CCCc2ccccc21)C1CCN(S(=O)(=O)c2cccc(C(F)(F)F)c2)CC1. The van der Waals surface area contributed by atoms with E-state index in [2.05, 4.69) is 11.4 Å². The first kappa shape index (κ1) is 22.8. The van der Waals surface area contributed by atoms with Gasteiger partial charge in [0, 0.05) is 19.0 Å². The minimum absolute atomic E-state index is 0.0423. The van der Waals surface area contributed by atoms with E-state index in [1.54, 1.807) is 0 Å². The van der Waals surface area contributed by atoms with Crippen molar-refractivity contribution < 1.29 is 26.4 Å². The number of amides is 1. The van der Waals surface area contributed by atoms with Gasteiger partial charge in [0.05, 0.1) is 16.5 Å². The van der Waals surface area contributed by atoms with Gasteiger partial charge >= 0.3 is 6.18 Å². The maximum absolute atomic E-state index is 13.0. The van der Waals surface area contributed by atoms with Crippen molar-refractivity contribution in [1.82, 2.24) is 9.62 Å². The number of nitrogens with one attached hydrogen (secondary N) is 1. The summed E-state index contributed by atoms with van der Waals surface area (Å²) in [4.78, 5) is 12.5. The van der Waals surface area contributed by atoms with Crippen LogP contribution in [-0.2, 0) is 27.4 Å². The van der Waals surface area contributed by atoms with Crippen LogP contribution >= 0.6 is 0 Å². The van der Waals surface area contributed by atoms with Crippen molar-refractivity contribution in [3.05, 3.63) is 65.2 Å². The molecule has 172 valence electrons. The number of nitrogens with zero attached hydrogens (tertiary/aromatic N) is 1. The molecule has 1 aliphatic carbocycles. The smallest absolute Gasteiger partial charge is 0.349 e. The van der Waals surface area contributed by atoms with Gasteiger partial charge in [-0.1, -0.05) is 30.3 Å². The molecular formula is C23H25F3N2O3S. The normalized spacial score (nSPS) is 20.5. The summed E-state index contributed by atoms with van der Waals surface area (Å²) >= 11 is 0. The molecule has 4 rings (SSSR count). The van der Waals surface area contributed by atoms with Gasteiger partial charge in [-0.25, -0.2) is 8.42 Å². The molecule has 5 nitrogen and oxygen atoms in total. The third kappa shape index (κ3) is 4.68. The maximum atomic E-state index is 13.0. The third-order valence-corrected chi connectivity index (χ3v) is 8.20. The number of hydrogen-bond donors (Lipinski definition) is 1. The molecule has 0 saturated carbocycles. The molecule has 0 spiro atoms. The lowest BCUT2D eigenvalue weighted by Crippen LogP contribution is -2.44. The minimum atomic E-state index is -4.62. The van der Waals surface area contributed by atoms with E-state index in [0.717, 1.165) is 37.0 Å². The highest BCUT2D eigenvalue weighted by Crippen LogP contribution is 2.33. The molecule has 0 unspecified atom stereocenters. The second-order valence-electron chi connectivity index (χ2n) is 8.36. The second-order valence-corrected chi connectivity index (χ2v) is 10.3. The molecule has 2 aromatic carbocycles. The van der Waals surface area contributed by atoms with Gasteiger partial charge in [0.1, 0.15) is 0 Å². The molecule has 1 amide bonds. The van der Waals surface area contributed by atoms with Crippen molar-refractivity contribution in [2.75, 3.05) is 13.1 Å². The van der Waals surface area contributed by atoms with Gasteiger partial charge in [-0.05, 0) is 61.4 Å². The molecule has 0 bridgehead atoms. The van der Waals surface area contributed by atoms with Gasteiger partial charge in [-0.2, -0.15) is 17.5 Å². The van der Waals surface area contributed by atoms with Crippen molar-refractivity contribution in [2.45, 2.75) is 49.2 Å². The Balaban J connectivity index is 1.40. The van der Waals surface area contributed by atoms with Crippen molar-refractivity contribution in [2.24, 2.45) is 5.92 Å². The summed E-state index contributed by atoms with van der Waals surface area (Å²) in [7, 11) is -4.06. The first-order valence-corrected chi connectivity index (χ1v) is 12.2. The fraction of sp³-hybridized carbons (Fsp3) is 0.435. The van der Waals surface area contributed by atoms with Gasteiger partial charge in [0.15, 0.2) is 0 Å². The molecule has 1 fully saturated rings. The number of halogens is 3. The van der Waals surface area contributed by atoms with E-state index in [9.17, 15) is 26.4 Å². The lowest BCUT2D eigenvalue weighted by molar-refractivity contribution is -0.137. The first-order valence-electron chi connectivity index (χ1n) is 10.7. The Labute approximate surface area is 185 Å². The van der Waals surface area contributed by atoms with E-state index in [0.29, 0.717) is 18.9 Å². The number of alkyl halides is 3. The summed E-state index contributed by atoms with van der Waals surface area (Å²) in [5.74, 6) is -0.417. The number of rotatable bonds is 4. The van der Waals surface area contributed by atoms with Crippen molar-refractivity contribution in [1.29, 1.82) is 0 Å². The van der Waals surface area contributed by atoms with Crippen LogP contribution in [0.25, 0.3) is 0 Å². The van der Waals surface area contributed by atoms with Crippen LogP contribution in [0.1, 0.15) is 48.4 Å². The number of benzene rings is 2.